The van der Waals surface area contributed by atoms with Crippen molar-refractivity contribution in [1.82, 2.24) is 24.5 Å². The average molecular weight is 316 g/mol. The molecule has 0 radical (unpaired) electrons. The van der Waals surface area contributed by atoms with Crippen molar-refractivity contribution in [3.8, 4) is 0 Å². The van der Waals surface area contributed by atoms with E-state index in [9.17, 15) is 9.59 Å². The Morgan fingerprint density at radius 3 is 2.82 bits per heavy atom. The standard InChI is InChI=1S/C13H12N6O2S/c20-12-3-11-10(19(12)8-4-14-7-15-5-8)1-2-18(11)13(21)9-6-22-17-16-9/h4-7,10-11H,1-3H2/t10-,11-/m1/s1. The van der Waals surface area contributed by atoms with Crippen molar-refractivity contribution in [2.45, 2.75) is 24.9 Å². The van der Waals surface area contributed by atoms with Crippen LogP contribution in [0.4, 0.5) is 5.69 Å². The van der Waals surface area contributed by atoms with E-state index in [0.717, 1.165) is 18.0 Å². The topological polar surface area (TPSA) is 92.2 Å². The first-order valence-corrected chi connectivity index (χ1v) is 7.74. The number of nitrogens with zero attached hydrogens (tertiary/aromatic N) is 6. The molecular formula is C13H12N6O2S. The lowest BCUT2D eigenvalue weighted by Crippen LogP contribution is -2.40. The van der Waals surface area contributed by atoms with Gasteiger partial charge in [-0.2, -0.15) is 0 Å². The van der Waals surface area contributed by atoms with Gasteiger partial charge in [-0.1, -0.05) is 4.49 Å². The van der Waals surface area contributed by atoms with Gasteiger partial charge in [0.2, 0.25) is 5.91 Å². The first-order chi connectivity index (χ1) is 10.8. The van der Waals surface area contributed by atoms with E-state index < -0.39 is 0 Å². The minimum absolute atomic E-state index is 0.00120. The highest BCUT2D eigenvalue weighted by molar-refractivity contribution is 7.03. The quantitative estimate of drug-likeness (QED) is 0.794. The van der Waals surface area contributed by atoms with Crippen molar-refractivity contribution in [1.29, 1.82) is 0 Å². The molecule has 2 aromatic rings. The van der Waals surface area contributed by atoms with Gasteiger partial charge in [-0.05, 0) is 18.0 Å². The Kier molecular flexibility index (Phi) is 3.07. The zero-order valence-electron chi connectivity index (χ0n) is 11.5. The van der Waals surface area contributed by atoms with E-state index in [1.54, 1.807) is 27.6 Å². The third-order valence-electron chi connectivity index (χ3n) is 4.16. The fourth-order valence-electron chi connectivity index (χ4n) is 3.26. The average Bonchev–Trinajstić information content (AvgIpc) is 3.23. The molecule has 2 atom stereocenters. The van der Waals surface area contributed by atoms with E-state index in [4.69, 9.17) is 0 Å². The predicted molar refractivity (Wildman–Crippen MR) is 77.3 cm³/mol. The molecule has 2 amide bonds. The minimum atomic E-state index is -0.153. The second kappa shape index (κ2) is 5.09. The van der Waals surface area contributed by atoms with Crippen LogP contribution in [0.25, 0.3) is 0 Å². The van der Waals surface area contributed by atoms with Gasteiger partial charge >= 0.3 is 0 Å². The predicted octanol–water partition coefficient (Wildman–Crippen LogP) is 0.348. The summed E-state index contributed by atoms with van der Waals surface area (Å²) in [6, 6.07) is -0.143. The Morgan fingerprint density at radius 1 is 1.27 bits per heavy atom. The summed E-state index contributed by atoms with van der Waals surface area (Å²) in [5.74, 6) is -0.154. The molecule has 2 aromatic heterocycles. The number of hydrogen-bond acceptors (Lipinski definition) is 7. The van der Waals surface area contributed by atoms with Crippen LogP contribution in [0.2, 0.25) is 0 Å². The zero-order chi connectivity index (χ0) is 15.1. The monoisotopic (exact) mass is 316 g/mol. The Hall–Kier alpha value is -2.42. The summed E-state index contributed by atoms with van der Waals surface area (Å²) in [6.45, 7) is 0.614. The third-order valence-corrected chi connectivity index (χ3v) is 4.66. The lowest BCUT2D eigenvalue weighted by molar-refractivity contribution is -0.117. The van der Waals surface area contributed by atoms with Crippen molar-refractivity contribution < 1.29 is 9.59 Å². The first kappa shape index (κ1) is 13.3. The van der Waals surface area contributed by atoms with Crippen molar-refractivity contribution in [3.63, 3.8) is 0 Å². The van der Waals surface area contributed by atoms with Crippen LogP contribution in [-0.4, -0.2) is 54.9 Å². The molecule has 112 valence electrons. The highest BCUT2D eigenvalue weighted by Gasteiger charge is 2.49. The minimum Gasteiger partial charge on any atom is -0.332 e. The van der Waals surface area contributed by atoms with E-state index in [1.165, 1.54) is 6.33 Å². The van der Waals surface area contributed by atoms with Crippen molar-refractivity contribution >= 4 is 29.0 Å². The molecule has 22 heavy (non-hydrogen) atoms. The fraction of sp³-hybridized carbons (Fsp3) is 0.385. The van der Waals surface area contributed by atoms with Crippen LogP contribution in [0.1, 0.15) is 23.3 Å². The molecule has 0 N–H and O–H groups in total. The van der Waals surface area contributed by atoms with Crippen LogP contribution in [-0.2, 0) is 4.79 Å². The highest BCUT2D eigenvalue weighted by atomic mass is 32.1. The number of carbonyl (C=O) groups excluding carboxylic acids is 2. The van der Waals surface area contributed by atoms with E-state index in [0.29, 0.717) is 24.3 Å². The van der Waals surface area contributed by atoms with Crippen molar-refractivity contribution in [3.05, 3.63) is 29.8 Å². The number of aromatic nitrogens is 4. The molecule has 2 aliphatic heterocycles. The van der Waals surface area contributed by atoms with Gasteiger partial charge in [-0.25, -0.2) is 9.97 Å². The first-order valence-electron chi connectivity index (χ1n) is 6.91. The Morgan fingerprint density at radius 2 is 2.09 bits per heavy atom. The maximum absolute atomic E-state index is 12.5. The second-order valence-electron chi connectivity index (χ2n) is 5.28. The Balaban J connectivity index is 1.61. The molecule has 9 heteroatoms. The van der Waals surface area contributed by atoms with Gasteiger partial charge in [-0.3, -0.25) is 9.59 Å². The summed E-state index contributed by atoms with van der Waals surface area (Å²) in [7, 11) is 0. The molecule has 0 aromatic carbocycles. The molecule has 0 bridgehead atoms. The third kappa shape index (κ3) is 1.97. The van der Waals surface area contributed by atoms with Crippen LogP contribution in [0, 0.1) is 0 Å². The van der Waals surface area contributed by atoms with E-state index in [-0.39, 0.29) is 23.9 Å². The van der Waals surface area contributed by atoms with Gasteiger partial charge in [0.25, 0.3) is 5.91 Å². The van der Waals surface area contributed by atoms with Gasteiger partial charge in [0, 0.05) is 18.3 Å². The summed E-state index contributed by atoms with van der Waals surface area (Å²) < 4.78 is 3.73. The molecule has 4 rings (SSSR count). The van der Waals surface area contributed by atoms with Gasteiger partial charge in [0.1, 0.15) is 6.33 Å². The lowest BCUT2D eigenvalue weighted by atomic mass is 10.1. The molecule has 0 spiro atoms. The number of rotatable bonds is 2. The van der Waals surface area contributed by atoms with Crippen LogP contribution in [0.15, 0.2) is 24.1 Å². The molecule has 2 saturated heterocycles. The molecule has 0 aliphatic carbocycles. The number of amides is 2. The second-order valence-corrected chi connectivity index (χ2v) is 5.89. The van der Waals surface area contributed by atoms with Crippen LogP contribution < -0.4 is 4.90 Å². The van der Waals surface area contributed by atoms with Gasteiger partial charge in [-0.15, -0.1) is 5.10 Å². The lowest BCUT2D eigenvalue weighted by Gasteiger charge is -2.24. The van der Waals surface area contributed by atoms with Gasteiger partial charge in [0.15, 0.2) is 5.69 Å². The van der Waals surface area contributed by atoms with E-state index in [1.807, 2.05) is 0 Å². The fourth-order valence-corrected chi connectivity index (χ4v) is 3.69. The number of fused-ring (bicyclic) bond motifs is 1. The van der Waals surface area contributed by atoms with E-state index >= 15 is 0 Å². The number of hydrogen-bond donors (Lipinski definition) is 0. The summed E-state index contributed by atoms with van der Waals surface area (Å²) >= 11 is 1.15. The molecule has 8 nitrogen and oxygen atoms in total. The van der Waals surface area contributed by atoms with Crippen molar-refractivity contribution in [2.75, 3.05) is 11.4 Å². The van der Waals surface area contributed by atoms with E-state index in [2.05, 4.69) is 19.6 Å². The smallest absolute Gasteiger partial charge is 0.275 e. The van der Waals surface area contributed by atoms with Gasteiger partial charge < -0.3 is 9.80 Å². The summed E-state index contributed by atoms with van der Waals surface area (Å²) in [5.41, 5.74) is 1.03. The van der Waals surface area contributed by atoms with Gasteiger partial charge in [0.05, 0.1) is 30.2 Å². The largest absolute Gasteiger partial charge is 0.332 e. The van der Waals surface area contributed by atoms with Crippen LogP contribution in [0.5, 0.6) is 0 Å². The molecule has 4 heterocycles. The molecule has 2 fully saturated rings. The van der Waals surface area contributed by atoms with Crippen molar-refractivity contribution in [2.24, 2.45) is 0 Å². The molecule has 0 unspecified atom stereocenters. The molecule has 0 saturated carbocycles. The SMILES string of the molecule is O=C(c1csnn1)N1CC[C@@H]2[C@H]1CC(=O)N2c1cncnc1. The Bertz CT molecular complexity index is 707. The maximum Gasteiger partial charge on any atom is 0.275 e. The Labute approximate surface area is 130 Å². The van der Waals surface area contributed by atoms with Crippen LogP contribution in [0.3, 0.4) is 0 Å². The van der Waals surface area contributed by atoms with Crippen LogP contribution >= 0.6 is 11.5 Å². The summed E-state index contributed by atoms with van der Waals surface area (Å²) in [5, 5.41) is 5.46. The normalized spacial score (nSPS) is 23.9. The summed E-state index contributed by atoms with van der Waals surface area (Å²) in [4.78, 5) is 36.2. The number of carbonyl (C=O) groups is 2. The summed E-state index contributed by atoms with van der Waals surface area (Å²) in [6.07, 6.45) is 5.75. The highest BCUT2D eigenvalue weighted by Crippen LogP contribution is 2.36. The maximum atomic E-state index is 12.5. The molecule has 2 aliphatic rings. The molecular weight excluding hydrogens is 304 g/mol. The number of anilines is 1. The zero-order valence-corrected chi connectivity index (χ0v) is 12.3. The number of likely N-dealkylation sites (tertiary alicyclic amines) is 1.